The number of nitrogens with one attached hydrogen (secondary N) is 1. The predicted octanol–water partition coefficient (Wildman–Crippen LogP) is 3.00. The molecule has 1 heterocycles. The number of rotatable bonds is 6. The molecule has 1 amide bonds. The first kappa shape index (κ1) is 17.1. The second kappa shape index (κ2) is 7.89. The molecule has 0 atom stereocenters. The molecule has 0 aliphatic rings. The van der Waals surface area contributed by atoms with Crippen LogP contribution in [-0.4, -0.2) is 32.7 Å². The van der Waals surface area contributed by atoms with Gasteiger partial charge in [0.25, 0.3) is 5.91 Å². The first-order chi connectivity index (χ1) is 12.2. The molecular weight excluding hydrogens is 386 g/mol. The number of aromatic nitrogens is 4. The van der Waals surface area contributed by atoms with Crippen LogP contribution in [0.4, 0.5) is 5.69 Å². The highest BCUT2D eigenvalue weighted by atomic mass is 79.9. The van der Waals surface area contributed by atoms with Gasteiger partial charge in [-0.1, -0.05) is 35.0 Å². The van der Waals surface area contributed by atoms with E-state index in [0.29, 0.717) is 29.4 Å². The maximum atomic E-state index is 12.2. The summed E-state index contributed by atoms with van der Waals surface area (Å²) in [5, 5.41) is 14.5. The van der Waals surface area contributed by atoms with Crippen molar-refractivity contribution in [2.75, 3.05) is 11.9 Å². The summed E-state index contributed by atoms with van der Waals surface area (Å²) in [6.07, 6.45) is 0.682. The lowest BCUT2D eigenvalue weighted by Crippen LogP contribution is -2.21. The van der Waals surface area contributed by atoms with Crippen molar-refractivity contribution in [1.82, 2.24) is 20.2 Å². The van der Waals surface area contributed by atoms with Crippen molar-refractivity contribution < 1.29 is 9.53 Å². The molecule has 0 saturated heterocycles. The van der Waals surface area contributed by atoms with Crippen LogP contribution in [0.15, 0.2) is 53.0 Å². The lowest BCUT2D eigenvalue weighted by atomic mass is 10.2. The van der Waals surface area contributed by atoms with Gasteiger partial charge in [0, 0.05) is 10.9 Å². The molecule has 0 radical (unpaired) electrons. The standard InChI is InChI=1S/C17H16BrN5O2/c1-2-16-20-21-22-23(16)15-6-4-3-5-14(15)19-17(24)11-25-13-9-7-12(18)8-10-13/h3-10H,2,11H2,1H3,(H,19,24). The van der Waals surface area contributed by atoms with E-state index in [9.17, 15) is 4.79 Å². The van der Waals surface area contributed by atoms with E-state index >= 15 is 0 Å². The minimum Gasteiger partial charge on any atom is -0.484 e. The highest BCUT2D eigenvalue weighted by Gasteiger charge is 2.13. The number of carbonyl (C=O) groups is 1. The van der Waals surface area contributed by atoms with E-state index in [1.165, 1.54) is 0 Å². The van der Waals surface area contributed by atoms with E-state index in [4.69, 9.17) is 4.74 Å². The fourth-order valence-corrected chi connectivity index (χ4v) is 2.51. The zero-order chi connectivity index (χ0) is 17.6. The molecule has 8 heteroatoms. The predicted molar refractivity (Wildman–Crippen MR) is 96.8 cm³/mol. The number of benzene rings is 2. The van der Waals surface area contributed by atoms with Crippen LogP contribution in [0.2, 0.25) is 0 Å². The van der Waals surface area contributed by atoms with Crippen molar-refractivity contribution >= 4 is 27.5 Å². The van der Waals surface area contributed by atoms with Crippen LogP contribution in [0, 0.1) is 0 Å². The Morgan fingerprint density at radius 3 is 2.72 bits per heavy atom. The number of halogens is 1. The zero-order valence-corrected chi connectivity index (χ0v) is 15.1. The van der Waals surface area contributed by atoms with Gasteiger partial charge in [-0.2, -0.15) is 4.68 Å². The van der Waals surface area contributed by atoms with Crippen LogP contribution in [0.5, 0.6) is 5.75 Å². The maximum Gasteiger partial charge on any atom is 0.262 e. The van der Waals surface area contributed by atoms with Crippen molar-refractivity contribution in [3.8, 4) is 11.4 Å². The number of anilines is 1. The first-order valence-electron chi connectivity index (χ1n) is 7.72. The lowest BCUT2D eigenvalue weighted by molar-refractivity contribution is -0.118. The van der Waals surface area contributed by atoms with Crippen LogP contribution >= 0.6 is 15.9 Å². The quantitative estimate of drug-likeness (QED) is 0.686. The van der Waals surface area contributed by atoms with Gasteiger partial charge in [-0.3, -0.25) is 4.79 Å². The van der Waals surface area contributed by atoms with Crippen LogP contribution < -0.4 is 10.1 Å². The van der Waals surface area contributed by atoms with Gasteiger partial charge in [0.05, 0.1) is 11.4 Å². The third-order valence-corrected chi connectivity index (χ3v) is 3.97. The van der Waals surface area contributed by atoms with Gasteiger partial charge in [-0.15, -0.1) is 5.10 Å². The molecule has 0 spiro atoms. The molecule has 1 aromatic heterocycles. The van der Waals surface area contributed by atoms with Crippen molar-refractivity contribution in [2.45, 2.75) is 13.3 Å². The molecule has 7 nitrogen and oxygen atoms in total. The first-order valence-corrected chi connectivity index (χ1v) is 8.51. The number of hydrogen-bond donors (Lipinski definition) is 1. The summed E-state index contributed by atoms with van der Waals surface area (Å²) in [7, 11) is 0. The third kappa shape index (κ3) is 4.21. The van der Waals surface area contributed by atoms with Gasteiger partial charge in [-0.05, 0) is 46.8 Å². The molecule has 25 heavy (non-hydrogen) atoms. The van der Waals surface area contributed by atoms with E-state index in [-0.39, 0.29) is 12.5 Å². The van der Waals surface area contributed by atoms with Gasteiger partial charge in [0.2, 0.25) is 0 Å². The highest BCUT2D eigenvalue weighted by Crippen LogP contribution is 2.20. The van der Waals surface area contributed by atoms with Crippen molar-refractivity contribution in [2.24, 2.45) is 0 Å². The smallest absolute Gasteiger partial charge is 0.262 e. The van der Waals surface area contributed by atoms with Crippen molar-refractivity contribution in [1.29, 1.82) is 0 Å². The molecule has 0 aliphatic carbocycles. The minimum absolute atomic E-state index is 0.0911. The fraction of sp³-hybridized carbons (Fsp3) is 0.176. The molecule has 0 unspecified atom stereocenters. The van der Waals surface area contributed by atoms with Gasteiger partial charge >= 0.3 is 0 Å². The van der Waals surface area contributed by atoms with Crippen LogP contribution in [0.1, 0.15) is 12.7 Å². The normalized spacial score (nSPS) is 10.5. The summed E-state index contributed by atoms with van der Waals surface area (Å²) in [6, 6.07) is 14.6. The van der Waals surface area contributed by atoms with Crippen LogP contribution in [0.25, 0.3) is 5.69 Å². The Hall–Kier alpha value is -2.74. The maximum absolute atomic E-state index is 12.2. The van der Waals surface area contributed by atoms with E-state index in [1.807, 2.05) is 37.3 Å². The molecule has 0 fully saturated rings. The summed E-state index contributed by atoms with van der Waals surface area (Å²) in [5.74, 6) is 1.08. The SMILES string of the molecule is CCc1nnnn1-c1ccccc1NC(=O)COc1ccc(Br)cc1. The van der Waals surface area contributed by atoms with Gasteiger partial charge in [-0.25, -0.2) is 0 Å². The summed E-state index contributed by atoms with van der Waals surface area (Å²) in [5.41, 5.74) is 1.33. The van der Waals surface area contributed by atoms with Gasteiger partial charge in [0.15, 0.2) is 12.4 Å². The van der Waals surface area contributed by atoms with Crippen molar-refractivity contribution in [3.05, 3.63) is 58.8 Å². The number of hydrogen-bond acceptors (Lipinski definition) is 5. The van der Waals surface area contributed by atoms with E-state index in [2.05, 4.69) is 36.8 Å². The number of aryl methyl sites for hydroxylation is 1. The Kier molecular flexibility index (Phi) is 5.39. The molecule has 0 saturated carbocycles. The second-order valence-corrected chi connectivity index (χ2v) is 6.08. The lowest BCUT2D eigenvalue weighted by Gasteiger charge is -2.12. The largest absolute Gasteiger partial charge is 0.484 e. The van der Waals surface area contributed by atoms with E-state index < -0.39 is 0 Å². The molecule has 0 aliphatic heterocycles. The Morgan fingerprint density at radius 2 is 1.96 bits per heavy atom. The Labute approximate surface area is 153 Å². The van der Waals surface area contributed by atoms with Gasteiger partial charge in [0.1, 0.15) is 5.75 Å². The monoisotopic (exact) mass is 401 g/mol. The van der Waals surface area contributed by atoms with Crippen LogP contribution in [-0.2, 0) is 11.2 Å². The summed E-state index contributed by atoms with van der Waals surface area (Å²) in [6.45, 7) is 1.88. The van der Waals surface area contributed by atoms with Gasteiger partial charge < -0.3 is 10.1 Å². The summed E-state index contributed by atoms with van der Waals surface area (Å²) in [4.78, 5) is 12.2. The number of ether oxygens (including phenoxy) is 1. The molecule has 3 aromatic rings. The number of para-hydroxylation sites is 2. The number of carbonyl (C=O) groups excluding carboxylic acids is 1. The van der Waals surface area contributed by atoms with Crippen LogP contribution in [0.3, 0.4) is 0 Å². The van der Waals surface area contributed by atoms with E-state index in [1.54, 1.807) is 22.9 Å². The topological polar surface area (TPSA) is 81.9 Å². The Morgan fingerprint density at radius 1 is 1.20 bits per heavy atom. The molecule has 2 aromatic carbocycles. The fourth-order valence-electron chi connectivity index (χ4n) is 2.24. The highest BCUT2D eigenvalue weighted by molar-refractivity contribution is 9.10. The molecule has 1 N–H and O–H groups in total. The summed E-state index contributed by atoms with van der Waals surface area (Å²) < 4.78 is 8.06. The average molecular weight is 402 g/mol. The average Bonchev–Trinajstić information content (AvgIpc) is 3.10. The minimum atomic E-state index is -0.263. The molecule has 128 valence electrons. The number of tetrazole rings is 1. The molecular formula is C17H16BrN5O2. The Bertz CT molecular complexity index is 863. The number of nitrogens with zero attached hydrogens (tertiary/aromatic N) is 4. The molecule has 0 bridgehead atoms. The second-order valence-electron chi connectivity index (χ2n) is 5.17. The third-order valence-electron chi connectivity index (χ3n) is 3.44. The zero-order valence-electron chi connectivity index (χ0n) is 13.5. The van der Waals surface area contributed by atoms with Crippen molar-refractivity contribution in [3.63, 3.8) is 0 Å². The Balaban J connectivity index is 1.70. The van der Waals surface area contributed by atoms with E-state index in [0.717, 1.165) is 4.47 Å². The summed E-state index contributed by atoms with van der Waals surface area (Å²) >= 11 is 3.35. The number of amides is 1. The molecule has 3 rings (SSSR count).